The molecular formula is C18H23NO2. The zero-order chi connectivity index (χ0) is 15.7. The first-order chi connectivity index (χ1) is 9.88. The fourth-order valence-electron chi connectivity index (χ4n) is 2.73. The lowest BCUT2D eigenvalue weighted by Crippen LogP contribution is -2.41. The molecule has 0 atom stereocenters. The van der Waals surface area contributed by atoms with Crippen LogP contribution in [0.3, 0.4) is 0 Å². The lowest BCUT2D eigenvalue weighted by Gasteiger charge is -2.24. The second-order valence-electron chi connectivity index (χ2n) is 5.91. The summed E-state index contributed by atoms with van der Waals surface area (Å²) in [5.74, 6) is 0. The molecule has 0 bridgehead atoms. The smallest absolute Gasteiger partial charge is 0.250 e. The Labute approximate surface area is 125 Å². The zero-order valence-corrected chi connectivity index (χ0v) is 13.5. The Kier molecular flexibility index (Phi) is 4.31. The normalized spacial score (nSPS) is 11.1. The summed E-state index contributed by atoms with van der Waals surface area (Å²) in [7, 11) is 1.89. The van der Waals surface area contributed by atoms with Crippen LogP contribution in [0.25, 0.3) is 11.1 Å². The van der Waals surface area contributed by atoms with Crippen LogP contribution in [-0.4, -0.2) is 13.6 Å². The largest absolute Gasteiger partial charge is 0.371 e. The van der Waals surface area contributed by atoms with E-state index in [-0.39, 0.29) is 10.9 Å². The van der Waals surface area contributed by atoms with Crippen molar-refractivity contribution in [3.05, 3.63) is 49.3 Å². The van der Waals surface area contributed by atoms with E-state index in [4.69, 9.17) is 0 Å². The molecule has 0 aromatic heterocycles. The maximum absolute atomic E-state index is 12.1. The van der Waals surface area contributed by atoms with Crippen LogP contribution in [0.2, 0.25) is 0 Å². The van der Waals surface area contributed by atoms with Gasteiger partial charge < -0.3 is 4.90 Å². The lowest BCUT2D eigenvalue weighted by atomic mass is 9.91. The molecule has 0 radical (unpaired) electrons. The molecule has 0 fully saturated rings. The molecule has 0 saturated carbocycles. The summed E-state index contributed by atoms with van der Waals surface area (Å²) in [5.41, 5.74) is 4.79. The van der Waals surface area contributed by atoms with Crippen LogP contribution >= 0.6 is 0 Å². The summed E-state index contributed by atoms with van der Waals surface area (Å²) in [6.45, 7) is 9.00. The molecule has 0 N–H and O–H groups in total. The van der Waals surface area contributed by atoms with Crippen molar-refractivity contribution in [2.75, 3.05) is 18.5 Å². The predicted octanol–water partition coefficient (Wildman–Crippen LogP) is 3.11. The van der Waals surface area contributed by atoms with E-state index in [1.54, 1.807) is 0 Å². The van der Waals surface area contributed by atoms with E-state index in [2.05, 4.69) is 19.9 Å². The zero-order valence-electron chi connectivity index (χ0n) is 13.5. The second-order valence-corrected chi connectivity index (χ2v) is 5.91. The Hall–Kier alpha value is -1.90. The Morgan fingerprint density at radius 1 is 0.952 bits per heavy atom. The molecule has 3 heteroatoms. The highest BCUT2D eigenvalue weighted by Gasteiger charge is 2.26. The molecule has 21 heavy (non-hydrogen) atoms. The monoisotopic (exact) mass is 285 g/mol. The summed E-state index contributed by atoms with van der Waals surface area (Å²) in [6, 6.07) is 4.11. The van der Waals surface area contributed by atoms with Gasteiger partial charge in [0.05, 0.1) is 5.56 Å². The average molecular weight is 285 g/mol. The van der Waals surface area contributed by atoms with Gasteiger partial charge >= 0.3 is 0 Å². The molecule has 2 rings (SSSR count). The molecule has 3 nitrogen and oxygen atoms in total. The standard InChI is InChI=1S/C18H23NO2/c1-6-7-8-19(5)16-15(17(20)18(16)21)14-10-12(3)11(2)9-13(14)4/h9-10H,6-8H2,1-5H3. The molecule has 0 spiro atoms. The third-order valence-corrected chi connectivity index (χ3v) is 4.22. The summed E-state index contributed by atoms with van der Waals surface area (Å²) in [6.07, 6.45) is 2.08. The first-order valence-electron chi connectivity index (χ1n) is 7.51. The van der Waals surface area contributed by atoms with Gasteiger partial charge in [-0.2, -0.15) is 0 Å². The Bertz CT molecular complexity index is 736. The van der Waals surface area contributed by atoms with Crippen LogP contribution in [0.5, 0.6) is 0 Å². The van der Waals surface area contributed by atoms with Crippen LogP contribution in [0.1, 0.15) is 36.5 Å². The van der Waals surface area contributed by atoms with Gasteiger partial charge in [-0.1, -0.05) is 25.5 Å². The van der Waals surface area contributed by atoms with Crippen LogP contribution in [0.4, 0.5) is 5.69 Å². The highest BCUT2D eigenvalue weighted by molar-refractivity contribution is 5.84. The van der Waals surface area contributed by atoms with Crippen molar-refractivity contribution in [2.45, 2.75) is 40.5 Å². The Morgan fingerprint density at radius 2 is 1.57 bits per heavy atom. The van der Waals surface area contributed by atoms with Crippen molar-refractivity contribution in [1.82, 2.24) is 0 Å². The van der Waals surface area contributed by atoms with Crippen molar-refractivity contribution in [2.24, 2.45) is 0 Å². The molecule has 0 unspecified atom stereocenters. The van der Waals surface area contributed by atoms with Gasteiger partial charge in [0, 0.05) is 13.6 Å². The highest BCUT2D eigenvalue weighted by Crippen LogP contribution is 2.30. The molecule has 0 aliphatic carbocycles. The van der Waals surface area contributed by atoms with Gasteiger partial charge in [0.25, 0.3) is 0 Å². The fraction of sp³-hybridized carbons (Fsp3) is 0.444. The molecule has 0 amide bonds. The van der Waals surface area contributed by atoms with Gasteiger partial charge in [-0.05, 0) is 49.4 Å². The Morgan fingerprint density at radius 3 is 2.19 bits per heavy atom. The van der Waals surface area contributed by atoms with Crippen LogP contribution in [0, 0.1) is 20.8 Å². The number of rotatable bonds is 5. The van der Waals surface area contributed by atoms with Crippen LogP contribution in [-0.2, 0) is 0 Å². The maximum atomic E-state index is 12.1. The van der Waals surface area contributed by atoms with E-state index < -0.39 is 0 Å². The molecule has 0 saturated heterocycles. The van der Waals surface area contributed by atoms with Gasteiger partial charge in [0.15, 0.2) is 0 Å². The summed E-state index contributed by atoms with van der Waals surface area (Å²) in [4.78, 5) is 26.0. The van der Waals surface area contributed by atoms with E-state index >= 15 is 0 Å². The van der Waals surface area contributed by atoms with E-state index in [9.17, 15) is 9.59 Å². The number of hydrogen-bond acceptors (Lipinski definition) is 3. The minimum absolute atomic E-state index is 0.346. The van der Waals surface area contributed by atoms with E-state index in [0.717, 1.165) is 36.1 Å². The molecule has 2 aromatic carbocycles. The van der Waals surface area contributed by atoms with Crippen LogP contribution < -0.4 is 15.8 Å². The number of anilines is 1. The van der Waals surface area contributed by atoms with Gasteiger partial charge in [0.2, 0.25) is 10.9 Å². The molecule has 0 aliphatic rings. The third kappa shape index (κ3) is 2.65. The fourth-order valence-corrected chi connectivity index (χ4v) is 2.73. The van der Waals surface area contributed by atoms with Crippen molar-refractivity contribution >= 4 is 5.69 Å². The van der Waals surface area contributed by atoms with Crippen molar-refractivity contribution in [1.29, 1.82) is 0 Å². The van der Waals surface area contributed by atoms with Gasteiger partial charge in [-0.3, -0.25) is 9.59 Å². The van der Waals surface area contributed by atoms with Gasteiger partial charge in [-0.15, -0.1) is 0 Å². The first kappa shape index (κ1) is 15.5. The van der Waals surface area contributed by atoms with Crippen molar-refractivity contribution in [3.8, 4) is 11.1 Å². The summed E-state index contributed by atoms with van der Waals surface area (Å²) >= 11 is 0. The lowest BCUT2D eigenvalue weighted by molar-refractivity contribution is 0.763. The third-order valence-electron chi connectivity index (χ3n) is 4.22. The minimum atomic E-state index is -0.347. The predicted molar refractivity (Wildman–Crippen MR) is 89.2 cm³/mol. The highest BCUT2D eigenvalue weighted by atomic mass is 16.2. The van der Waals surface area contributed by atoms with E-state index in [1.165, 1.54) is 5.56 Å². The number of unbranched alkanes of at least 4 members (excludes halogenated alkanes) is 1. The topological polar surface area (TPSA) is 37.4 Å². The SMILES string of the molecule is CCCCN(C)c1c(-c2cc(C)c(C)cc2C)c(=O)c1=O. The Balaban J connectivity index is 2.51. The average Bonchev–Trinajstić information content (AvgIpc) is 2.45. The molecule has 0 aliphatic heterocycles. The molecular weight excluding hydrogens is 262 g/mol. The molecule has 0 heterocycles. The van der Waals surface area contributed by atoms with Crippen LogP contribution in [0.15, 0.2) is 21.7 Å². The van der Waals surface area contributed by atoms with Crippen molar-refractivity contribution < 1.29 is 0 Å². The quantitative estimate of drug-likeness (QED) is 0.792. The number of aryl methyl sites for hydroxylation is 3. The van der Waals surface area contributed by atoms with Gasteiger partial charge in [0.1, 0.15) is 5.69 Å². The van der Waals surface area contributed by atoms with Gasteiger partial charge in [-0.25, -0.2) is 0 Å². The summed E-state index contributed by atoms with van der Waals surface area (Å²) < 4.78 is 0. The molecule has 112 valence electrons. The molecule has 2 aromatic rings. The second kappa shape index (κ2) is 5.84. The minimum Gasteiger partial charge on any atom is -0.371 e. The maximum Gasteiger partial charge on any atom is 0.250 e. The number of hydrogen-bond donors (Lipinski definition) is 0. The van der Waals surface area contributed by atoms with Crippen molar-refractivity contribution in [3.63, 3.8) is 0 Å². The first-order valence-corrected chi connectivity index (χ1v) is 7.51. The summed E-state index contributed by atoms with van der Waals surface area (Å²) in [5, 5.41) is 0. The number of benzene rings is 1. The number of nitrogens with zero attached hydrogens (tertiary/aromatic N) is 1. The van der Waals surface area contributed by atoms with E-state index in [0.29, 0.717) is 11.3 Å². The van der Waals surface area contributed by atoms with E-state index in [1.807, 2.05) is 31.9 Å².